The third-order valence-corrected chi connectivity index (χ3v) is 3.62. The van der Waals surface area contributed by atoms with Gasteiger partial charge in [0.2, 0.25) is 0 Å². The lowest BCUT2D eigenvalue weighted by atomic mass is 10.1. The summed E-state index contributed by atoms with van der Waals surface area (Å²) in [6, 6.07) is 3.51. The molecule has 0 bridgehead atoms. The van der Waals surface area contributed by atoms with E-state index in [4.69, 9.17) is 9.72 Å². The lowest BCUT2D eigenvalue weighted by Gasteiger charge is -2.22. The monoisotopic (exact) mass is 327 g/mol. The molecule has 0 saturated carbocycles. The molecule has 0 amide bonds. The van der Waals surface area contributed by atoms with Gasteiger partial charge in [-0.2, -0.15) is 5.10 Å². The zero-order chi connectivity index (χ0) is 17.5. The molecule has 0 atom stereocenters. The quantitative estimate of drug-likeness (QED) is 0.722. The van der Waals surface area contributed by atoms with Crippen LogP contribution in [0.3, 0.4) is 0 Å². The van der Waals surface area contributed by atoms with E-state index < -0.39 is 0 Å². The second-order valence-corrected chi connectivity index (χ2v) is 6.73. The van der Waals surface area contributed by atoms with Gasteiger partial charge < -0.3 is 10.1 Å². The average Bonchev–Trinajstić information content (AvgIpc) is 3.08. The number of imidazole rings is 1. The maximum atomic E-state index is 11.9. The normalized spacial score (nSPS) is 11.7. The number of carbonyl (C=O) groups is 1. The minimum Gasteiger partial charge on any atom is -0.465 e. The van der Waals surface area contributed by atoms with Crippen LogP contribution in [0.4, 0.5) is 5.82 Å². The largest absolute Gasteiger partial charge is 0.465 e. The number of rotatable bonds is 3. The van der Waals surface area contributed by atoms with Crippen LogP contribution in [0.5, 0.6) is 0 Å². The van der Waals surface area contributed by atoms with Gasteiger partial charge in [-0.05, 0) is 39.8 Å². The van der Waals surface area contributed by atoms with Gasteiger partial charge in [-0.3, -0.25) is 9.50 Å². The summed E-state index contributed by atoms with van der Waals surface area (Å²) >= 11 is 0. The standard InChI is InChI=1S/C17H21N5O2/c1-10-12(8-18-21-10)14-15(20-17(2,3)4)22-9-11(16(23)24-5)6-7-13(22)19-14/h6-9,20H,1-5H3,(H,18,21). The Kier molecular flexibility index (Phi) is 3.79. The Balaban J connectivity index is 2.25. The van der Waals surface area contributed by atoms with Gasteiger partial charge in [-0.25, -0.2) is 9.78 Å². The van der Waals surface area contributed by atoms with Crippen LogP contribution in [0.25, 0.3) is 16.9 Å². The Morgan fingerprint density at radius 2 is 2.08 bits per heavy atom. The summed E-state index contributed by atoms with van der Waals surface area (Å²) in [5, 5.41) is 10.5. The minimum absolute atomic E-state index is 0.177. The van der Waals surface area contributed by atoms with E-state index in [1.807, 2.05) is 11.3 Å². The van der Waals surface area contributed by atoms with E-state index in [0.717, 1.165) is 28.4 Å². The van der Waals surface area contributed by atoms with E-state index in [9.17, 15) is 4.79 Å². The van der Waals surface area contributed by atoms with E-state index in [1.54, 1.807) is 24.5 Å². The number of nitrogens with one attached hydrogen (secondary N) is 2. The van der Waals surface area contributed by atoms with E-state index in [0.29, 0.717) is 5.56 Å². The first kappa shape index (κ1) is 16.0. The molecule has 0 aliphatic heterocycles. The predicted molar refractivity (Wildman–Crippen MR) is 92.2 cm³/mol. The summed E-state index contributed by atoms with van der Waals surface area (Å²) in [4.78, 5) is 16.6. The van der Waals surface area contributed by atoms with Gasteiger partial charge >= 0.3 is 5.97 Å². The zero-order valence-electron chi connectivity index (χ0n) is 14.5. The number of fused-ring (bicyclic) bond motifs is 1. The van der Waals surface area contributed by atoms with Crippen LogP contribution >= 0.6 is 0 Å². The molecule has 0 aromatic carbocycles. The molecule has 2 N–H and O–H groups in total. The van der Waals surface area contributed by atoms with Crippen molar-refractivity contribution in [3.8, 4) is 11.3 Å². The summed E-state index contributed by atoms with van der Waals surface area (Å²) in [7, 11) is 1.37. The molecule has 0 spiro atoms. The van der Waals surface area contributed by atoms with Crippen molar-refractivity contribution in [3.05, 3.63) is 35.8 Å². The van der Waals surface area contributed by atoms with Crippen molar-refractivity contribution in [2.24, 2.45) is 0 Å². The number of anilines is 1. The van der Waals surface area contributed by atoms with Crippen molar-refractivity contribution in [2.75, 3.05) is 12.4 Å². The summed E-state index contributed by atoms with van der Waals surface area (Å²) in [5.41, 5.74) is 3.68. The lowest BCUT2D eigenvalue weighted by molar-refractivity contribution is 0.0600. The third-order valence-electron chi connectivity index (χ3n) is 3.62. The minimum atomic E-state index is -0.381. The predicted octanol–water partition coefficient (Wildman–Crippen LogP) is 3.03. The fourth-order valence-electron chi connectivity index (χ4n) is 2.54. The molecular formula is C17H21N5O2. The molecule has 7 heteroatoms. The highest BCUT2D eigenvalue weighted by Gasteiger charge is 2.22. The fourth-order valence-corrected chi connectivity index (χ4v) is 2.54. The Hall–Kier alpha value is -2.83. The van der Waals surface area contributed by atoms with Gasteiger partial charge in [0, 0.05) is 23.0 Å². The van der Waals surface area contributed by atoms with Crippen molar-refractivity contribution in [3.63, 3.8) is 0 Å². The number of hydrogen-bond donors (Lipinski definition) is 2. The van der Waals surface area contributed by atoms with Crippen molar-refractivity contribution >= 4 is 17.4 Å². The van der Waals surface area contributed by atoms with Crippen LogP contribution in [-0.2, 0) is 4.74 Å². The van der Waals surface area contributed by atoms with Gasteiger partial charge in [-0.15, -0.1) is 0 Å². The molecule has 24 heavy (non-hydrogen) atoms. The summed E-state index contributed by atoms with van der Waals surface area (Å²) in [5.74, 6) is 0.432. The molecular weight excluding hydrogens is 306 g/mol. The number of methoxy groups -OCH3 is 1. The molecule has 0 aliphatic rings. The van der Waals surface area contributed by atoms with Crippen molar-refractivity contribution in [2.45, 2.75) is 33.2 Å². The van der Waals surface area contributed by atoms with E-state index in [-0.39, 0.29) is 11.5 Å². The third kappa shape index (κ3) is 2.84. The Morgan fingerprint density at radius 1 is 1.33 bits per heavy atom. The maximum absolute atomic E-state index is 11.9. The number of carbonyl (C=O) groups excluding carboxylic acids is 1. The Labute approximate surface area is 140 Å². The molecule has 126 valence electrons. The molecule has 3 aromatic heterocycles. The van der Waals surface area contributed by atoms with Crippen molar-refractivity contribution in [1.29, 1.82) is 0 Å². The Morgan fingerprint density at radius 3 is 2.67 bits per heavy atom. The smallest absolute Gasteiger partial charge is 0.339 e. The number of nitrogens with zero attached hydrogens (tertiary/aromatic N) is 3. The number of H-pyrrole nitrogens is 1. The fraction of sp³-hybridized carbons (Fsp3) is 0.353. The van der Waals surface area contributed by atoms with Gasteiger partial charge in [-0.1, -0.05) is 0 Å². The van der Waals surface area contributed by atoms with Crippen molar-refractivity contribution in [1.82, 2.24) is 19.6 Å². The highest BCUT2D eigenvalue weighted by atomic mass is 16.5. The van der Waals surface area contributed by atoms with Crippen LogP contribution in [0.2, 0.25) is 0 Å². The van der Waals surface area contributed by atoms with Gasteiger partial charge in [0.15, 0.2) is 0 Å². The highest BCUT2D eigenvalue weighted by molar-refractivity contribution is 5.90. The number of aryl methyl sites for hydroxylation is 1. The first-order valence-electron chi connectivity index (χ1n) is 7.69. The molecule has 0 aliphatic carbocycles. The van der Waals surface area contributed by atoms with Crippen LogP contribution in [0.15, 0.2) is 24.5 Å². The van der Waals surface area contributed by atoms with Crippen LogP contribution in [-0.4, -0.2) is 38.2 Å². The topological polar surface area (TPSA) is 84.3 Å². The molecule has 7 nitrogen and oxygen atoms in total. The van der Waals surface area contributed by atoms with Gasteiger partial charge in [0.25, 0.3) is 0 Å². The molecule has 0 radical (unpaired) electrons. The first-order chi connectivity index (χ1) is 11.3. The van der Waals surface area contributed by atoms with Crippen LogP contribution in [0.1, 0.15) is 36.8 Å². The number of ether oxygens (including phenoxy) is 1. The maximum Gasteiger partial charge on any atom is 0.339 e. The zero-order valence-corrected chi connectivity index (χ0v) is 14.5. The Bertz CT molecular complexity index is 901. The second-order valence-electron chi connectivity index (χ2n) is 6.73. The number of aromatic nitrogens is 4. The number of esters is 1. The number of pyridine rings is 1. The highest BCUT2D eigenvalue weighted by Crippen LogP contribution is 2.32. The average molecular weight is 327 g/mol. The molecule has 0 saturated heterocycles. The first-order valence-corrected chi connectivity index (χ1v) is 7.69. The van der Waals surface area contributed by atoms with E-state index in [1.165, 1.54) is 7.11 Å². The molecule has 0 fully saturated rings. The SMILES string of the molecule is COC(=O)c1ccc2nc(-c3cn[nH]c3C)c(NC(C)(C)C)n2c1. The summed E-state index contributed by atoms with van der Waals surface area (Å²) in [6.07, 6.45) is 3.49. The van der Waals surface area contributed by atoms with E-state index >= 15 is 0 Å². The number of hydrogen-bond acceptors (Lipinski definition) is 5. The summed E-state index contributed by atoms with van der Waals surface area (Å²) < 4.78 is 6.69. The second kappa shape index (κ2) is 5.67. The lowest BCUT2D eigenvalue weighted by Crippen LogP contribution is -2.27. The van der Waals surface area contributed by atoms with Crippen LogP contribution < -0.4 is 5.32 Å². The molecule has 3 heterocycles. The molecule has 3 aromatic rings. The van der Waals surface area contributed by atoms with E-state index in [2.05, 4.69) is 36.3 Å². The van der Waals surface area contributed by atoms with Gasteiger partial charge in [0.1, 0.15) is 17.2 Å². The summed E-state index contributed by atoms with van der Waals surface area (Å²) in [6.45, 7) is 8.17. The van der Waals surface area contributed by atoms with Crippen molar-refractivity contribution < 1.29 is 9.53 Å². The number of aromatic amines is 1. The molecule has 3 rings (SSSR count). The van der Waals surface area contributed by atoms with Crippen LogP contribution in [0, 0.1) is 6.92 Å². The van der Waals surface area contributed by atoms with Gasteiger partial charge in [0.05, 0.1) is 18.9 Å². The molecule has 0 unspecified atom stereocenters.